The molecule has 6 nitrogen and oxygen atoms in total. The van der Waals surface area contributed by atoms with E-state index in [0.29, 0.717) is 22.8 Å². The van der Waals surface area contributed by atoms with Crippen molar-refractivity contribution in [2.24, 2.45) is 0 Å². The maximum atomic E-state index is 12.2. The van der Waals surface area contributed by atoms with E-state index in [2.05, 4.69) is 15.6 Å². The van der Waals surface area contributed by atoms with E-state index >= 15 is 0 Å². The molecule has 0 fully saturated rings. The predicted octanol–water partition coefficient (Wildman–Crippen LogP) is 3.88. The molecule has 2 amide bonds. The largest absolute Gasteiger partial charge is 0.397 e. The summed E-state index contributed by atoms with van der Waals surface area (Å²) in [6.45, 7) is 1.96. The molecule has 2 aromatic carbocycles. The Kier molecular flexibility index (Phi) is 5.81. The molecular formula is C22H20N4O2. The van der Waals surface area contributed by atoms with Crippen molar-refractivity contribution in [1.82, 2.24) is 4.98 Å². The number of anilines is 3. The maximum Gasteiger partial charge on any atom is 0.256 e. The van der Waals surface area contributed by atoms with Crippen molar-refractivity contribution in [3.05, 3.63) is 89.6 Å². The number of para-hydroxylation sites is 2. The van der Waals surface area contributed by atoms with Crippen molar-refractivity contribution in [3.8, 4) is 0 Å². The third kappa shape index (κ3) is 5.04. The van der Waals surface area contributed by atoms with E-state index in [-0.39, 0.29) is 11.8 Å². The van der Waals surface area contributed by atoms with E-state index in [9.17, 15) is 9.59 Å². The van der Waals surface area contributed by atoms with Crippen molar-refractivity contribution in [2.75, 3.05) is 16.4 Å². The van der Waals surface area contributed by atoms with Crippen LogP contribution in [0.3, 0.4) is 0 Å². The molecule has 4 N–H and O–H groups in total. The molecule has 3 rings (SSSR count). The fourth-order valence-electron chi connectivity index (χ4n) is 2.43. The van der Waals surface area contributed by atoms with Crippen LogP contribution in [-0.4, -0.2) is 16.8 Å². The molecule has 0 aliphatic heterocycles. The van der Waals surface area contributed by atoms with Crippen LogP contribution in [0.2, 0.25) is 0 Å². The number of nitrogens with two attached hydrogens (primary N) is 1. The molecule has 3 aromatic rings. The van der Waals surface area contributed by atoms with Gasteiger partial charge in [0.1, 0.15) is 5.82 Å². The van der Waals surface area contributed by atoms with Gasteiger partial charge in [-0.25, -0.2) is 4.98 Å². The summed E-state index contributed by atoms with van der Waals surface area (Å²) < 4.78 is 0. The van der Waals surface area contributed by atoms with Gasteiger partial charge in [-0.1, -0.05) is 29.8 Å². The zero-order valence-electron chi connectivity index (χ0n) is 15.3. The quantitative estimate of drug-likeness (QED) is 0.468. The molecule has 0 spiro atoms. The van der Waals surface area contributed by atoms with Crippen molar-refractivity contribution < 1.29 is 9.59 Å². The highest BCUT2D eigenvalue weighted by Gasteiger charge is 2.06. The first-order valence-electron chi connectivity index (χ1n) is 8.69. The number of aryl methyl sites for hydroxylation is 1. The number of hydrogen-bond donors (Lipinski definition) is 3. The standard InChI is InChI=1S/C22H20N4O2/c1-15-6-10-17(11-7-15)22(28)26-20-12-8-16(14-24-20)9-13-21(27)25-19-5-3-2-4-18(19)23/h2-14H,23H2,1H3,(H,25,27)(H,24,26,28)/b13-9+. The molecule has 0 unspecified atom stereocenters. The van der Waals surface area contributed by atoms with Gasteiger partial charge in [0.15, 0.2) is 0 Å². The summed E-state index contributed by atoms with van der Waals surface area (Å²) in [5.41, 5.74) is 9.24. The average molecular weight is 372 g/mol. The van der Waals surface area contributed by atoms with Gasteiger partial charge >= 0.3 is 0 Å². The number of benzene rings is 2. The second-order valence-corrected chi connectivity index (χ2v) is 6.21. The molecule has 0 saturated carbocycles. The lowest BCUT2D eigenvalue weighted by molar-refractivity contribution is -0.111. The first-order chi connectivity index (χ1) is 13.5. The fraction of sp³-hybridized carbons (Fsp3) is 0.0455. The second kappa shape index (κ2) is 8.64. The number of hydrogen-bond acceptors (Lipinski definition) is 4. The van der Waals surface area contributed by atoms with E-state index in [4.69, 9.17) is 5.73 Å². The maximum absolute atomic E-state index is 12.2. The summed E-state index contributed by atoms with van der Waals surface area (Å²) in [5.74, 6) is -0.0884. The smallest absolute Gasteiger partial charge is 0.256 e. The number of carbonyl (C=O) groups excluding carboxylic acids is 2. The van der Waals surface area contributed by atoms with Gasteiger partial charge in [0.25, 0.3) is 5.91 Å². The normalized spacial score (nSPS) is 10.6. The van der Waals surface area contributed by atoms with Gasteiger partial charge in [-0.15, -0.1) is 0 Å². The number of nitrogens with zero attached hydrogens (tertiary/aromatic N) is 1. The van der Waals surface area contributed by atoms with Gasteiger partial charge in [-0.05, 0) is 55.0 Å². The first-order valence-corrected chi connectivity index (χ1v) is 8.69. The van der Waals surface area contributed by atoms with Crippen LogP contribution in [0.5, 0.6) is 0 Å². The van der Waals surface area contributed by atoms with Crippen LogP contribution in [0.25, 0.3) is 6.08 Å². The minimum absolute atomic E-state index is 0.226. The molecule has 28 heavy (non-hydrogen) atoms. The number of nitrogen functional groups attached to an aromatic ring is 1. The van der Waals surface area contributed by atoms with Crippen molar-refractivity contribution in [2.45, 2.75) is 6.92 Å². The average Bonchev–Trinajstić information content (AvgIpc) is 2.70. The van der Waals surface area contributed by atoms with Crippen LogP contribution < -0.4 is 16.4 Å². The van der Waals surface area contributed by atoms with E-state index in [1.165, 1.54) is 6.08 Å². The van der Waals surface area contributed by atoms with Crippen LogP contribution >= 0.6 is 0 Å². The molecule has 140 valence electrons. The van der Waals surface area contributed by atoms with E-state index < -0.39 is 0 Å². The van der Waals surface area contributed by atoms with E-state index in [0.717, 1.165) is 11.1 Å². The van der Waals surface area contributed by atoms with E-state index in [1.54, 1.807) is 60.8 Å². The Bertz CT molecular complexity index is 1010. The number of aromatic nitrogens is 1. The molecular weight excluding hydrogens is 352 g/mol. The Hall–Kier alpha value is -3.93. The molecule has 0 aliphatic rings. The lowest BCUT2D eigenvalue weighted by atomic mass is 10.1. The van der Waals surface area contributed by atoms with E-state index in [1.807, 2.05) is 19.1 Å². The highest BCUT2D eigenvalue weighted by molar-refractivity contribution is 6.04. The fourth-order valence-corrected chi connectivity index (χ4v) is 2.43. The third-order valence-electron chi connectivity index (χ3n) is 3.99. The highest BCUT2D eigenvalue weighted by Crippen LogP contribution is 2.16. The minimum Gasteiger partial charge on any atom is -0.397 e. The molecule has 0 aliphatic carbocycles. The second-order valence-electron chi connectivity index (χ2n) is 6.21. The summed E-state index contributed by atoms with van der Waals surface area (Å²) in [6.07, 6.45) is 4.60. The van der Waals surface area contributed by atoms with Crippen LogP contribution in [0.1, 0.15) is 21.5 Å². The third-order valence-corrected chi connectivity index (χ3v) is 3.99. The van der Waals surface area contributed by atoms with Gasteiger partial charge in [0, 0.05) is 17.8 Å². The van der Waals surface area contributed by atoms with Crippen LogP contribution in [-0.2, 0) is 4.79 Å². The topological polar surface area (TPSA) is 97.1 Å². The molecule has 0 bridgehead atoms. The summed E-state index contributed by atoms with van der Waals surface area (Å²) in [7, 11) is 0. The molecule has 0 radical (unpaired) electrons. The van der Waals surface area contributed by atoms with Gasteiger partial charge < -0.3 is 16.4 Å². The first kappa shape index (κ1) is 18.8. The number of amides is 2. The Morgan fingerprint density at radius 2 is 1.71 bits per heavy atom. The molecule has 1 heterocycles. The Labute approximate surface area is 163 Å². The van der Waals surface area contributed by atoms with Crippen LogP contribution in [0.4, 0.5) is 17.2 Å². The minimum atomic E-state index is -0.297. The van der Waals surface area contributed by atoms with Crippen molar-refractivity contribution in [3.63, 3.8) is 0 Å². The molecule has 1 aromatic heterocycles. The summed E-state index contributed by atoms with van der Waals surface area (Å²) in [5, 5.41) is 5.45. The van der Waals surface area contributed by atoms with Gasteiger partial charge in [-0.3, -0.25) is 9.59 Å². The van der Waals surface area contributed by atoms with Crippen LogP contribution in [0, 0.1) is 6.92 Å². The number of pyridine rings is 1. The lowest BCUT2D eigenvalue weighted by Crippen LogP contribution is -2.12. The number of nitrogens with one attached hydrogen (secondary N) is 2. The van der Waals surface area contributed by atoms with Crippen LogP contribution in [0.15, 0.2) is 72.9 Å². The number of carbonyl (C=O) groups is 2. The Balaban J connectivity index is 1.58. The lowest BCUT2D eigenvalue weighted by Gasteiger charge is -2.06. The number of rotatable bonds is 5. The molecule has 6 heteroatoms. The van der Waals surface area contributed by atoms with Gasteiger partial charge in [0.2, 0.25) is 5.91 Å². The summed E-state index contributed by atoms with van der Waals surface area (Å²) in [4.78, 5) is 28.4. The Morgan fingerprint density at radius 1 is 0.964 bits per heavy atom. The molecule has 0 saturated heterocycles. The molecule has 0 atom stereocenters. The van der Waals surface area contributed by atoms with Gasteiger partial charge in [-0.2, -0.15) is 0 Å². The Morgan fingerprint density at radius 3 is 2.39 bits per heavy atom. The predicted molar refractivity (Wildman–Crippen MR) is 112 cm³/mol. The zero-order valence-corrected chi connectivity index (χ0v) is 15.3. The van der Waals surface area contributed by atoms with Crippen molar-refractivity contribution >= 4 is 35.1 Å². The summed E-state index contributed by atoms with van der Waals surface area (Å²) in [6, 6.07) is 17.8. The summed E-state index contributed by atoms with van der Waals surface area (Å²) >= 11 is 0. The SMILES string of the molecule is Cc1ccc(C(=O)Nc2ccc(/C=C/C(=O)Nc3ccccc3N)cn2)cc1. The van der Waals surface area contributed by atoms with Crippen molar-refractivity contribution in [1.29, 1.82) is 0 Å². The zero-order chi connectivity index (χ0) is 19.9. The highest BCUT2D eigenvalue weighted by atomic mass is 16.2. The monoisotopic (exact) mass is 372 g/mol. The van der Waals surface area contributed by atoms with Gasteiger partial charge in [0.05, 0.1) is 11.4 Å².